The first-order valence-corrected chi connectivity index (χ1v) is 4.33. The maximum atomic E-state index is 4.31. The monoisotopic (exact) mass is 153 g/mol. The van der Waals surface area contributed by atoms with Crippen LogP contribution in [0.1, 0.15) is 33.6 Å². The molecule has 1 nitrogen and oxygen atoms in total. The molecule has 0 fully saturated rings. The van der Waals surface area contributed by atoms with Crippen molar-refractivity contribution in [2.24, 2.45) is 10.9 Å². The molecule has 0 radical (unpaired) electrons. The molecule has 0 rings (SSSR count). The Morgan fingerprint density at radius 2 is 2.27 bits per heavy atom. The Hall–Kier alpha value is -0.590. The third-order valence-corrected chi connectivity index (χ3v) is 1.79. The van der Waals surface area contributed by atoms with Crippen molar-refractivity contribution >= 4 is 5.71 Å². The Balaban J connectivity index is 3.52. The molecule has 64 valence electrons. The predicted octanol–water partition coefficient (Wildman–Crippen LogP) is 3.07. The molecule has 0 amide bonds. The van der Waals surface area contributed by atoms with E-state index >= 15 is 0 Å². The molecule has 0 aromatic heterocycles. The van der Waals surface area contributed by atoms with Crippen LogP contribution in [0.2, 0.25) is 0 Å². The van der Waals surface area contributed by atoms with Gasteiger partial charge >= 0.3 is 0 Å². The maximum Gasteiger partial charge on any atom is 0.0360 e. The Bertz CT molecular complexity index is 136. The van der Waals surface area contributed by atoms with Crippen molar-refractivity contribution in [3.05, 3.63) is 12.7 Å². The highest BCUT2D eigenvalue weighted by Gasteiger charge is 1.96. The molecule has 1 atom stereocenters. The summed E-state index contributed by atoms with van der Waals surface area (Å²) in [6, 6.07) is 0. The van der Waals surface area contributed by atoms with Gasteiger partial charge in [0, 0.05) is 12.3 Å². The Labute approximate surface area is 70.2 Å². The van der Waals surface area contributed by atoms with Crippen molar-refractivity contribution in [1.29, 1.82) is 0 Å². The Kier molecular flexibility index (Phi) is 5.81. The summed E-state index contributed by atoms with van der Waals surface area (Å²) in [6.45, 7) is 11.0. The first-order valence-electron chi connectivity index (χ1n) is 4.33. The second-order valence-corrected chi connectivity index (χ2v) is 2.96. The zero-order valence-corrected chi connectivity index (χ0v) is 7.93. The van der Waals surface area contributed by atoms with E-state index < -0.39 is 0 Å². The van der Waals surface area contributed by atoms with Crippen LogP contribution in [0, 0.1) is 5.92 Å². The van der Waals surface area contributed by atoms with Gasteiger partial charge in [-0.3, -0.25) is 4.99 Å². The summed E-state index contributed by atoms with van der Waals surface area (Å²) in [5.41, 5.74) is 1.27. The van der Waals surface area contributed by atoms with E-state index in [1.807, 2.05) is 6.08 Å². The third kappa shape index (κ3) is 5.84. The van der Waals surface area contributed by atoms with Gasteiger partial charge < -0.3 is 0 Å². The van der Waals surface area contributed by atoms with Gasteiger partial charge in [0.05, 0.1) is 0 Å². The number of allylic oxidation sites excluding steroid dienone is 1. The fourth-order valence-corrected chi connectivity index (χ4v) is 0.903. The summed E-state index contributed by atoms with van der Waals surface area (Å²) >= 11 is 0. The standard InChI is InChI=1S/C10H19N/c1-5-9(3)7-8-10(4)11-6-2/h5,9H,1,6-8H2,2-4H3/b11-10-. The van der Waals surface area contributed by atoms with E-state index in [2.05, 4.69) is 32.3 Å². The van der Waals surface area contributed by atoms with Crippen LogP contribution in [0.15, 0.2) is 17.6 Å². The van der Waals surface area contributed by atoms with Crippen LogP contribution in [0.25, 0.3) is 0 Å². The minimum atomic E-state index is 0.622. The quantitative estimate of drug-likeness (QED) is 0.425. The molecule has 0 spiro atoms. The molecule has 0 heterocycles. The van der Waals surface area contributed by atoms with Gasteiger partial charge in [-0.25, -0.2) is 0 Å². The molecule has 0 aliphatic rings. The zero-order chi connectivity index (χ0) is 8.69. The number of aliphatic imine (C=N–C) groups is 1. The van der Waals surface area contributed by atoms with E-state index in [0.717, 1.165) is 13.0 Å². The second kappa shape index (κ2) is 6.14. The van der Waals surface area contributed by atoms with Crippen molar-refractivity contribution in [2.45, 2.75) is 33.6 Å². The minimum Gasteiger partial charge on any atom is -0.295 e. The van der Waals surface area contributed by atoms with Gasteiger partial charge in [-0.15, -0.1) is 6.58 Å². The van der Waals surface area contributed by atoms with E-state index in [9.17, 15) is 0 Å². The van der Waals surface area contributed by atoms with Crippen LogP contribution < -0.4 is 0 Å². The van der Waals surface area contributed by atoms with Crippen molar-refractivity contribution in [1.82, 2.24) is 0 Å². The van der Waals surface area contributed by atoms with Gasteiger partial charge in [0.15, 0.2) is 0 Å². The molecular weight excluding hydrogens is 134 g/mol. The van der Waals surface area contributed by atoms with Crippen molar-refractivity contribution in [3.63, 3.8) is 0 Å². The fourth-order valence-electron chi connectivity index (χ4n) is 0.903. The highest BCUT2D eigenvalue weighted by molar-refractivity contribution is 5.81. The Morgan fingerprint density at radius 3 is 2.73 bits per heavy atom. The van der Waals surface area contributed by atoms with Gasteiger partial charge in [-0.2, -0.15) is 0 Å². The van der Waals surface area contributed by atoms with Gasteiger partial charge in [-0.05, 0) is 32.6 Å². The lowest BCUT2D eigenvalue weighted by atomic mass is 10.0. The summed E-state index contributed by atoms with van der Waals surface area (Å²) in [7, 11) is 0. The first-order chi connectivity index (χ1) is 5.20. The lowest BCUT2D eigenvalue weighted by Gasteiger charge is -2.04. The molecule has 11 heavy (non-hydrogen) atoms. The minimum absolute atomic E-state index is 0.622. The van der Waals surface area contributed by atoms with E-state index in [1.165, 1.54) is 12.1 Å². The smallest absolute Gasteiger partial charge is 0.0360 e. The average molecular weight is 153 g/mol. The van der Waals surface area contributed by atoms with Crippen molar-refractivity contribution in [2.75, 3.05) is 6.54 Å². The lowest BCUT2D eigenvalue weighted by Crippen LogP contribution is -1.97. The number of hydrogen-bond acceptors (Lipinski definition) is 1. The van der Waals surface area contributed by atoms with E-state index in [0.29, 0.717) is 5.92 Å². The number of hydrogen-bond donors (Lipinski definition) is 0. The van der Waals surface area contributed by atoms with Gasteiger partial charge in [0.1, 0.15) is 0 Å². The maximum absolute atomic E-state index is 4.31. The highest BCUT2D eigenvalue weighted by Crippen LogP contribution is 2.06. The van der Waals surface area contributed by atoms with Crippen molar-refractivity contribution in [3.8, 4) is 0 Å². The molecule has 1 heteroatoms. The summed E-state index contributed by atoms with van der Waals surface area (Å²) in [4.78, 5) is 4.31. The topological polar surface area (TPSA) is 12.4 Å². The van der Waals surface area contributed by atoms with Crippen molar-refractivity contribution < 1.29 is 0 Å². The third-order valence-electron chi connectivity index (χ3n) is 1.79. The van der Waals surface area contributed by atoms with Crippen LogP contribution in [0.3, 0.4) is 0 Å². The highest BCUT2D eigenvalue weighted by atomic mass is 14.7. The zero-order valence-electron chi connectivity index (χ0n) is 7.93. The van der Waals surface area contributed by atoms with E-state index in [-0.39, 0.29) is 0 Å². The van der Waals surface area contributed by atoms with Crippen LogP contribution >= 0.6 is 0 Å². The normalized spacial score (nSPS) is 14.6. The summed E-state index contributed by atoms with van der Waals surface area (Å²) in [6.07, 6.45) is 4.29. The first kappa shape index (κ1) is 10.4. The number of rotatable bonds is 5. The SMILES string of the molecule is C=CC(C)CC/C(C)=N\CC. The summed E-state index contributed by atoms with van der Waals surface area (Å²) in [5.74, 6) is 0.622. The largest absolute Gasteiger partial charge is 0.295 e. The molecule has 0 bridgehead atoms. The molecular formula is C10H19N. The summed E-state index contributed by atoms with van der Waals surface area (Å²) in [5, 5.41) is 0. The average Bonchev–Trinajstić information content (AvgIpc) is 2.01. The van der Waals surface area contributed by atoms with Crippen LogP contribution in [-0.2, 0) is 0 Å². The van der Waals surface area contributed by atoms with E-state index in [4.69, 9.17) is 0 Å². The predicted molar refractivity (Wildman–Crippen MR) is 52.2 cm³/mol. The number of nitrogens with zero attached hydrogens (tertiary/aromatic N) is 1. The molecule has 0 aliphatic heterocycles. The molecule has 0 N–H and O–H groups in total. The fraction of sp³-hybridized carbons (Fsp3) is 0.700. The van der Waals surface area contributed by atoms with Gasteiger partial charge in [-0.1, -0.05) is 13.0 Å². The van der Waals surface area contributed by atoms with Crippen LogP contribution in [-0.4, -0.2) is 12.3 Å². The lowest BCUT2D eigenvalue weighted by molar-refractivity contribution is 0.669. The van der Waals surface area contributed by atoms with Crippen LogP contribution in [0.5, 0.6) is 0 Å². The molecule has 1 unspecified atom stereocenters. The molecule has 0 aliphatic carbocycles. The summed E-state index contributed by atoms with van der Waals surface area (Å²) < 4.78 is 0. The van der Waals surface area contributed by atoms with E-state index in [1.54, 1.807) is 0 Å². The second-order valence-electron chi connectivity index (χ2n) is 2.96. The molecule has 0 aromatic rings. The molecule has 0 saturated heterocycles. The van der Waals surface area contributed by atoms with Crippen LogP contribution in [0.4, 0.5) is 0 Å². The molecule has 0 saturated carbocycles. The molecule has 0 aromatic carbocycles. The Morgan fingerprint density at radius 1 is 1.64 bits per heavy atom. The van der Waals surface area contributed by atoms with Gasteiger partial charge in [0.25, 0.3) is 0 Å². The van der Waals surface area contributed by atoms with Gasteiger partial charge in [0.2, 0.25) is 0 Å².